The molecule has 128 valence electrons. The number of thiophene rings is 2. The van der Waals surface area contributed by atoms with Crippen LogP contribution in [0.3, 0.4) is 0 Å². The maximum atomic E-state index is 6.05. The summed E-state index contributed by atoms with van der Waals surface area (Å²) < 4.78 is 1.98. The van der Waals surface area contributed by atoms with Crippen molar-refractivity contribution >= 4 is 90.6 Å². The number of thiazole rings is 2. The molecule has 0 saturated heterocycles. The van der Waals surface area contributed by atoms with Crippen molar-refractivity contribution in [3.63, 3.8) is 0 Å². The highest BCUT2D eigenvalue weighted by Gasteiger charge is 2.20. The molecule has 11 heteroatoms. The van der Waals surface area contributed by atoms with E-state index in [1.54, 1.807) is 34.4 Å². The van der Waals surface area contributed by atoms with Crippen LogP contribution in [0.1, 0.15) is 0 Å². The van der Waals surface area contributed by atoms with E-state index in [2.05, 4.69) is 9.97 Å². The Kier molecular flexibility index (Phi) is 4.98. The minimum atomic E-state index is 0.514. The van der Waals surface area contributed by atoms with Crippen LogP contribution in [-0.4, -0.2) is 9.97 Å². The molecule has 4 aromatic rings. The summed E-state index contributed by atoms with van der Waals surface area (Å²) in [4.78, 5) is 10.9. The molecule has 0 aliphatic heterocycles. The van der Waals surface area contributed by atoms with Gasteiger partial charge in [0.15, 0.2) is 10.3 Å². The van der Waals surface area contributed by atoms with Crippen molar-refractivity contribution < 1.29 is 0 Å². The number of nitrogen functional groups attached to an aromatic ring is 2. The Morgan fingerprint density at radius 1 is 0.800 bits per heavy atom. The Balaban J connectivity index is 1.75. The van der Waals surface area contributed by atoms with Crippen molar-refractivity contribution in [3.05, 3.63) is 32.9 Å². The van der Waals surface area contributed by atoms with Crippen LogP contribution in [0.15, 0.2) is 31.3 Å². The highest BCUT2D eigenvalue weighted by atomic mass is 35.5. The van der Waals surface area contributed by atoms with Gasteiger partial charge >= 0.3 is 0 Å². The molecule has 0 aliphatic rings. The van der Waals surface area contributed by atoms with Gasteiger partial charge in [0.25, 0.3) is 0 Å². The molecule has 0 bridgehead atoms. The molecule has 0 amide bonds. The Morgan fingerprint density at radius 2 is 1.24 bits per heavy atom. The van der Waals surface area contributed by atoms with Crippen LogP contribution in [0.4, 0.5) is 10.3 Å². The fourth-order valence-corrected chi connectivity index (χ4v) is 7.78. The predicted octanol–water partition coefficient (Wildman–Crippen LogP) is 6.68. The van der Waals surface area contributed by atoms with Gasteiger partial charge in [-0.05, 0) is 12.1 Å². The van der Waals surface area contributed by atoms with Gasteiger partial charge in [0, 0.05) is 10.8 Å². The van der Waals surface area contributed by atoms with Crippen molar-refractivity contribution in [2.45, 2.75) is 8.42 Å². The number of hydrogen-bond acceptors (Lipinski definition) is 9. The van der Waals surface area contributed by atoms with Crippen LogP contribution in [0, 0.1) is 0 Å². The van der Waals surface area contributed by atoms with Crippen LogP contribution in [0.2, 0.25) is 10.0 Å². The summed E-state index contributed by atoms with van der Waals surface area (Å²) in [5.74, 6) is 0. The van der Waals surface area contributed by atoms with Gasteiger partial charge in [-0.2, -0.15) is 0 Å². The van der Waals surface area contributed by atoms with E-state index in [0.717, 1.165) is 29.6 Å². The minimum absolute atomic E-state index is 0.514. The number of hydrogen-bond donors (Lipinski definition) is 2. The van der Waals surface area contributed by atoms with E-state index in [1.165, 1.54) is 22.7 Å². The molecule has 0 aromatic carbocycles. The van der Waals surface area contributed by atoms with E-state index in [1.807, 2.05) is 22.9 Å². The maximum Gasteiger partial charge on any atom is 0.181 e. The normalized spacial score (nSPS) is 11.3. The molecule has 0 fully saturated rings. The van der Waals surface area contributed by atoms with E-state index in [0.29, 0.717) is 20.3 Å². The molecule has 0 radical (unpaired) electrons. The van der Waals surface area contributed by atoms with E-state index in [4.69, 9.17) is 34.7 Å². The second-order valence-electron chi connectivity index (χ2n) is 4.74. The van der Waals surface area contributed by atoms with Crippen LogP contribution >= 0.6 is 80.3 Å². The molecule has 4 aromatic heterocycles. The number of anilines is 2. The van der Waals surface area contributed by atoms with Crippen LogP contribution in [-0.2, 0) is 0 Å². The zero-order valence-corrected chi connectivity index (χ0v) is 17.8. The lowest BCUT2D eigenvalue weighted by molar-refractivity contribution is 1.37. The average molecular weight is 463 g/mol. The first kappa shape index (κ1) is 17.6. The third-order valence-electron chi connectivity index (χ3n) is 3.01. The van der Waals surface area contributed by atoms with Gasteiger partial charge in [-0.3, -0.25) is 0 Å². The predicted molar refractivity (Wildman–Crippen MR) is 114 cm³/mol. The van der Waals surface area contributed by atoms with Crippen molar-refractivity contribution in [2.75, 3.05) is 11.5 Å². The minimum Gasteiger partial charge on any atom is -0.375 e. The van der Waals surface area contributed by atoms with Gasteiger partial charge in [0.05, 0.1) is 28.2 Å². The first-order valence-corrected chi connectivity index (χ1v) is 11.7. The summed E-state index contributed by atoms with van der Waals surface area (Å²) in [6.07, 6.45) is 0. The summed E-state index contributed by atoms with van der Waals surface area (Å²) >= 11 is 19.6. The molecular weight excluding hydrogens is 455 g/mol. The molecule has 0 spiro atoms. The zero-order valence-electron chi connectivity index (χ0n) is 12.2. The van der Waals surface area contributed by atoms with E-state index in [-0.39, 0.29) is 0 Å². The summed E-state index contributed by atoms with van der Waals surface area (Å²) in [5.41, 5.74) is 13.6. The zero-order chi connectivity index (χ0) is 17.6. The standard InChI is InChI=1S/C14H8Cl2N4S5/c15-5-1-7(21-3-5)9-11(24-13(17)19-9)23-12-10(20-14(18)25-12)8-2-6(16)4-22-8/h1-4H,(H2,17,19)(H2,18,20). The number of nitrogens with two attached hydrogens (primary N) is 2. The lowest BCUT2D eigenvalue weighted by Crippen LogP contribution is -1.82. The van der Waals surface area contributed by atoms with Crippen molar-refractivity contribution in [1.82, 2.24) is 9.97 Å². The average Bonchev–Trinajstić information content (AvgIpc) is 3.29. The van der Waals surface area contributed by atoms with Gasteiger partial charge in [0.2, 0.25) is 0 Å². The number of nitrogens with zero attached hydrogens (tertiary/aromatic N) is 2. The fourth-order valence-electron chi connectivity index (χ4n) is 2.05. The SMILES string of the molecule is Nc1nc(-c2cc(Cl)cs2)c(Sc2sc(N)nc2-c2cc(Cl)cs2)s1. The molecule has 0 saturated carbocycles. The number of halogens is 2. The maximum absolute atomic E-state index is 6.05. The second-order valence-corrected chi connectivity index (χ2v) is 11.0. The van der Waals surface area contributed by atoms with Gasteiger partial charge in [-0.1, -0.05) is 57.6 Å². The number of aromatic nitrogens is 2. The monoisotopic (exact) mass is 462 g/mol. The molecule has 4 nitrogen and oxygen atoms in total. The third-order valence-corrected chi connectivity index (χ3v) is 8.70. The van der Waals surface area contributed by atoms with Gasteiger partial charge in [0.1, 0.15) is 11.4 Å². The molecule has 4 N–H and O–H groups in total. The third kappa shape index (κ3) is 3.68. The molecule has 4 rings (SSSR count). The molecule has 4 heterocycles. The quantitative estimate of drug-likeness (QED) is 0.353. The molecule has 0 unspecified atom stereocenters. The van der Waals surface area contributed by atoms with Gasteiger partial charge in [-0.15, -0.1) is 22.7 Å². The van der Waals surface area contributed by atoms with Crippen molar-refractivity contribution in [2.24, 2.45) is 0 Å². The summed E-state index contributed by atoms with van der Waals surface area (Å²) in [5, 5.41) is 6.17. The Hall–Kier alpha value is -0.810. The Morgan fingerprint density at radius 3 is 1.60 bits per heavy atom. The van der Waals surface area contributed by atoms with E-state index >= 15 is 0 Å². The van der Waals surface area contributed by atoms with Crippen molar-refractivity contribution in [3.8, 4) is 21.1 Å². The highest BCUT2D eigenvalue weighted by molar-refractivity contribution is 8.03. The molecule has 25 heavy (non-hydrogen) atoms. The molecular formula is C14H8Cl2N4S5. The Bertz CT molecular complexity index is 965. The van der Waals surface area contributed by atoms with E-state index < -0.39 is 0 Å². The van der Waals surface area contributed by atoms with E-state index in [9.17, 15) is 0 Å². The highest BCUT2D eigenvalue weighted by Crippen LogP contribution is 2.48. The van der Waals surface area contributed by atoms with Crippen molar-refractivity contribution in [1.29, 1.82) is 0 Å². The molecule has 0 atom stereocenters. The summed E-state index contributed by atoms with van der Waals surface area (Å²) in [7, 11) is 0. The van der Waals surface area contributed by atoms with Gasteiger partial charge in [-0.25, -0.2) is 9.97 Å². The van der Waals surface area contributed by atoms with Gasteiger partial charge < -0.3 is 11.5 Å². The first-order chi connectivity index (χ1) is 12.0. The fraction of sp³-hybridized carbons (Fsp3) is 0. The first-order valence-electron chi connectivity index (χ1n) is 6.69. The van der Waals surface area contributed by atoms with Crippen LogP contribution in [0.5, 0.6) is 0 Å². The van der Waals surface area contributed by atoms with Crippen LogP contribution < -0.4 is 11.5 Å². The Labute approximate surface area is 173 Å². The smallest absolute Gasteiger partial charge is 0.181 e. The number of rotatable bonds is 4. The second kappa shape index (κ2) is 7.07. The largest absolute Gasteiger partial charge is 0.375 e. The molecule has 0 aliphatic carbocycles. The topological polar surface area (TPSA) is 77.8 Å². The lowest BCUT2D eigenvalue weighted by atomic mass is 10.4. The lowest BCUT2D eigenvalue weighted by Gasteiger charge is -2.00. The van der Waals surface area contributed by atoms with Crippen LogP contribution in [0.25, 0.3) is 21.1 Å². The summed E-state index contributed by atoms with van der Waals surface area (Å²) in [6, 6.07) is 3.79. The summed E-state index contributed by atoms with van der Waals surface area (Å²) in [6.45, 7) is 0.